The lowest BCUT2D eigenvalue weighted by molar-refractivity contribution is -0.121. The van der Waals surface area contributed by atoms with Crippen LogP contribution in [0.25, 0.3) is 0 Å². The Balaban J connectivity index is 1.46. The van der Waals surface area contributed by atoms with Crippen molar-refractivity contribution in [2.45, 2.75) is 32.8 Å². The monoisotopic (exact) mass is 602 g/mol. The van der Waals surface area contributed by atoms with Gasteiger partial charge in [-0.15, -0.1) is 0 Å². The van der Waals surface area contributed by atoms with Gasteiger partial charge in [0.2, 0.25) is 5.91 Å². The Morgan fingerprint density at radius 1 is 0.971 bits per heavy atom. The molecule has 1 N–H and O–H groups in total. The van der Waals surface area contributed by atoms with Gasteiger partial charge in [-0.2, -0.15) is 5.10 Å². The predicted molar refractivity (Wildman–Crippen MR) is 145 cm³/mol. The van der Waals surface area contributed by atoms with E-state index in [-0.39, 0.29) is 5.91 Å². The van der Waals surface area contributed by atoms with Gasteiger partial charge in [-0.05, 0) is 85.7 Å². The molecule has 0 unspecified atom stereocenters. The minimum Gasteiger partial charge on any atom is -0.493 e. The Bertz CT molecular complexity index is 1150. The van der Waals surface area contributed by atoms with Crippen LogP contribution < -0.4 is 19.6 Å². The molecule has 0 saturated heterocycles. The molecule has 1 amide bonds. The first kappa shape index (κ1) is 26.8. The first-order valence-electron chi connectivity index (χ1n) is 11.3. The van der Waals surface area contributed by atoms with Crippen LogP contribution in [-0.2, 0) is 17.8 Å². The van der Waals surface area contributed by atoms with Crippen molar-refractivity contribution in [1.82, 2.24) is 5.43 Å². The number of carbonyl (C=O) groups is 1. The number of nitrogens with zero attached hydrogens (tertiary/aromatic N) is 1. The maximum atomic E-state index is 12.1. The second-order valence-electron chi connectivity index (χ2n) is 7.67. The normalized spacial score (nSPS) is 10.9. The van der Waals surface area contributed by atoms with Crippen molar-refractivity contribution >= 4 is 44.0 Å². The molecule has 3 aromatic rings. The fraction of sp³-hybridized carbons (Fsp3) is 0.259. The molecule has 0 fully saturated rings. The van der Waals surface area contributed by atoms with Crippen molar-refractivity contribution in [1.29, 1.82) is 0 Å². The number of halogens is 2. The van der Waals surface area contributed by atoms with Gasteiger partial charge in [0.15, 0.2) is 11.5 Å². The highest BCUT2D eigenvalue weighted by Crippen LogP contribution is 2.36. The third-order valence-electron chi connectivity index (χ3n) is 5.09. The van der Waals surface area contributed by atoms with E-state index in [0.717, 1.165) is 32.2 Å². The lowest BCUT2D eigenvalue weighted by atomic mass is 10.2. The molecule has 184 valence electrons. The minimum absolute atomic E-state index is 0.181. The van der Waals surface area contributed by atoms with Crippen molar-refractivity contribution in [3.05, 3.63) is 86.3 Å². The fourth-order valence-corrected chi connectivity index (χ4v) is 4.33. The molecule has 0 spiro atoms. The number of hydrogen-bond acceptors (Lipinski definition) is 5. The second-order valence-corrected chi connectivity index (χ2v) is 9.38. The maximum absolute atomic E-state index is 12.1. The topological polar surface area (TPSA) is 69.2 Å². The van der Waals surface area contributed by atoms with Crippen LogP contribution in [0.4, 0.5) is 0 Å². The summed E-state index contributed by atoms with van der Waals surface area (Å²) < 4.78 is 18.8. The van der Waals surface area contributed by atoms with Crippen molar-refractivity contribution in [3.8, 4) is 17.2 Å². The Kier molecular flexibility index (Phi) is 10.6. The molecule has 3 rings (SSSR count). The zero-order valence-electron chi connectivity index (χ0n) is 19.7. The van der Waals surface area contributed by atoms with Gasteiger partial charge in [-0.1, -0.05) is 43.3 Å². The number of amides is 1. The molecule has 8 heteroatoms. The van der Waals surface area contributed by atoms with E-state index in [0.29, 0.717) is 37.6 Å². The molecule has 0 bridgehead atoms. The summed E-state index contributed by atoms with van der Waals surface area (Å²) in [6.45, 7) is 2.97. The highest BCUT2D eigenvalue weighted by molar-refractivity contribution is 9.10. The predicted octanol–water partition coefficient (Wildman–Crippen LogP) is 6.67. The summed E-state index contributed by atoms with van der Waals surface area (Å²) in [5.41, 5.74) is 5.60. The first-order chi connectivity index (χ1) is 17.0. The molecule has 0 radical (unpaired) electrons. The lowest BCUT2D eigenvalue weighted by Crippen LogP contribution is -2.18. The summed E-state index contributed by atoms with van der Waals surface area (Å²) in [7, 11) is 1.58. The lowest BCUT2D eigenvalue weighted by Gasteiger charge is -2.13. The van der Waals surface area contributed by atoms with E-state index in [4.69, 9.17) is 14.2 Å². The summed E-state index contributed by atoms with van der Waals surface area (Å²) in [6, 6.07) is 19.6. The summed E-state index contributed by atoms with van der Waals surface area (Å²) in [5, 5.41) is 4.06. The van der Waals surface area contributed by atoms with Gasteiger partial charge in [0.25, 0.3) is 0 Å². The number of carbonyl (C=O) groups excluding carboxylic acids is 1. The van der Waals surface area contributed by atoms with Gasteiger partial charge in [-0.25, -0.2) is 5.43 Å². The second kappa shape index (κ2) is 13.9. The van der Waals surface area contributed by atoms with Crippen molar-refractivity contribution in [2.24, 2.45) is 5.10 Å². The van der Waals surface area contributed by atoms with E-state index >= 15 is 0 Å². The molecule has 35 heavy (non-hydrogen) atoms. The van der Waals surface area contributed by atoms with Crippen LogP contribution in [0, 0.1) is 0 Å². The molecular formula is C27H28Br2N2O4. The number of hydrogen-bond donors (Lipinski definition) is 1. The van der Waals surface area contributed by atoms with E-state index in [1.165, 1.54) is 5.56 Å². The van der Waals surface area contributed by atoms with Crippen molar-refractivity contribution in [2.75, 3.05) is 13.7 Å². The molecule has 0 heterocycles. The number of rotatable bonds is 12. The van der Waals surface area contributed by atoms with E-state index in [2.05, 4.69) is 49.3 Å². The van der Waals surface area contributed by atoms with E-state index in [1.54, 1.807) is 19.4 Å². The van der Waals surface area contributed by atoms with Gasteiger partial charge < -0.3 is 14.2 Å². The molecule has 0 aliphatic heterocycles. The standard InChI is InChI=1S/C27H28Br2N2O4/c1-3-19-11-12-24(22(28)14-19)34-13-7-10-26(32)31-30-17-21-15-23(29)27(25(16-21)33-2)35-18-20-8-5-4-6-9-20/h4-6,8-9,11-12,14-17H,3,7,10,13,18H2,1-2H3,(H,31,32)/b30-17+. The summed E-state index contributed by atoms with van der Waals surface area (Å²) in [4.78, 5) is 12.1. The van der Waals surface area contributed by atoms with E-state index in [9.17, 15) is 4.79 Å². The average Bonchev–Trinajstić information content (AvgIpc) is 2.87. The minimum atomic E-state index is -0.181. The Labute approximate surface area is 222 Å². The van der Waals surface area contributed by atoms with E-state index in [1.807, 2.05) is 54.6 Å². The SMILES string of the molecule is CCc1ccc(OCCCC(=O)N/N=C/c2cc(Br)c(OCc3ccccc3)c(OC)c2)c(Br)c1. The van der Waals surface area contributed by atoms with Gasteiger partial charge in [0.1, 0.15) is 12.4 Å². The molecular weight excluding hydrogens is 576 g/mol. The van der Waals surface area contributed by atoms with Gasteiger partial charge in [0, 0.05) is 6.42 Å². The zero-order chi connectivity index (χ0) is 25.0. The highest BCUT2D eigenvalue weighted by atomic mass is 79.9. The number of ether oxygens (including phenoxy) is 3. The fourth-order valence-electron chi connectivity index (χ4n) is 3.22. The van der Waals surface area contributed by atoms with Crippen molar-refractivity contribution in [3.63, 3.8) is 0 Å². The Morgan fingerprint density at radius 3 is 2.49 bits per heavy atom. The van der Waals surface area contributed by atoms with Gasteiger partial charge >= 0.3 is 0 Å². The van der Waals surface area contributed by atoms with Crippen LogP contribution in [0.1, 0.15) is 36.5 Å². The van der Waals surface area contributed by atoms with Crippen LogP contribution in [0.5, 0.6) is 17.2 Å². The number of nitrogens with one attached hydrogen (secondary N) is 1. The Hall–Kier alpha value is -2.84. The molecule has 0 aliphatic rings. The van der Waals surface area contributed by atoms with Crippen molar-refractivity contribution < 1.29 is 19.0 Å². The third kappa shape index (κ3) is 8.40. The summed E-state index contributed by atoms with van der Waals surface area (Å²) >= 11 is 7.06. The zero-order valence-corrected chi connectivity index (χ0v) is 22.9. The number of hydrazone groups is 1. The molecule has 6 nitrogen and oxygen atoms in total. The largest absolute Gasteiger partial charge is 0.493 e. The third-order valence-corrected chi connectivity index (χ3v) is 6.30. The molecule has 0 aromatic heterocycles. The van der Waals surface area contributed by atoms with Crippen LogP contribution in [0.2, 0.25) is 0 Å². The van der Waals surface area contributed by atoms with Crippen LogP contribution in [0.3, 0.4) is 0 Å². The maximum Gasteiger partial charge on any atom is 0.240 e. The number of benzene rings is 3. The molecule has 0 saturated carbocycles. The average molecular weight is 604 g/mol. The van der Waals surface area contributed by atoms with Crippen LogP contribution >= 0.6 is 31.9 Å². The molecule has 0 aliphatic carbocycles. The number of aryl methyl sites for hydroxylation is 1. The van der Waals surface area contributed by atoms with Gasteiger partial charge in [0.05, 0.1) is 28.9 Å². The smallest absolute Gasteiger partial charge is 0.240 e. The first-order valence-corrected chi connectivity index (χ1v) is 12.9. The highest BCUT2D eigenvalue weighted by Gasteiger charge is 2.12. The van der Waals surface area contributed by atoms with Crippen LogP contribution in [-0.4, -0.2) is 25.8 Å². The number of methoxy groups -OCH3 is 1. The Morgan fingerprint density at radius 2 is 1.77 bits per heavy atom. The van der Waals surface area contributed by atoms with Gasteiger partial charge in [-0.3, -0.25) is 4.79 Å². The summed E-state index contributed by atoms with van der Waals surface area (Å²) in [6.07, 6.45) is 3.42. The van der Waals surface area contributed by atoms with Crippen LogP contribution in [0.15, 0.2) is 74.7 Å². The van der Waals surface area contributed by atoms with E-state index < -0.39 is 0 Å². The molecule has 0 atom stereocenters. The molecule has 3 aromatic carbocycles. The summed E-state index contributed by atoms with van der Waals surface area (Å²) in [5.74, 6) is 1.77. The quantitative estimate of drug-likeness (QED) is 0.143.